The van der Waals surface area contributed by atoms with E-state index in [1.54, 1.807) is 7.11 Å². The second-order valence-corrected chi connectivity index (χ2v) is 7.27. The van der Waals surface area contributed by atoms with Gasteiger partial charge in [-0.2, -0.15) is 0 Å². The molecule has 0 saturated carbocycles. The van der Waals surface area contributed by atoms with Crippen LogP contribution in [0, 0.1) is 5.92 Å². The van der Waals surface area contributed by atoms with Gasteiger partial charge in [0.1, 0.15) is 11.6 Å². The van der Waals surface area contributed by atoms with Crippen LogP contribution in [0.3, 0.4) is 0 Å². The summed E-state index contributed by atoms with van der Waals surface area (Å²) in [5.41, 5.74) is 1.36. The van der Waals surface area contributed by atoms with Gasteiger partial charge in [0, 0.05) is 32.0 Å². The Balaban J connectivity index is 1.47. The molecule has 1 N–H and O–H groups in total. The number of hydrogen-bond acceptors (Lipinski definition) is 4. The minimum atomic E-state index is 0.754. The second-order valence-electron chi connectivity index (χ2n) is 7.27. The lowest BCUT2D eigenvalue weighted by molar-refractivity contribution is 0.132. The zero-order valence-electron chi connectivity index (χ0n) is 16.2. The Morgan fingerprint density at radius 2 is 2.31 bits per heavy atom. The summed E-state index contributed by atoms with van der Waals surface area (Å²) in [7, 11) is 1.73. The Bertz CT molecular complexity index is 643. The van der Waals surface area contributed by atoms with Gasteiger partial charge in [-0.25, -0.2) is 4.98 Å². The van der Waals surface area contributed by atoms with Crippen LogP contribution in [0.2, 0.25) is 0 Å². The van der Waals surface area contributed by atoms with E-state index < -0.39 is 0 Å². The van der Waals surface area contributed by atoms with Gasteiger partial charge in [0.15, 0.2) is 0 Å². The van der Waals surface area contributed by atoms with E-state index >= 15 is 0 Å². The van der Waals surface area contributed by atoms with Crippen molar-refractivity contribution in [3.05, 3.63) is 48.0 Å². The maximum Gasteiger partial charge on any atom is 0.120 e. The molecule has 1 aromatic carbocycles. The Kier molecular flexibility index (Phi) is 7.09. The molecule has 2 aromatic rings. The topological polar surface area (TPSA) is 44.4 Å². The first kappa shape index (κ1) is 18.9. The highest BCUT2D eigenvalue weighted by molar-refractivity contribution is 5.28. The highest BCUT2D eigenvalue weighted by atomic mass is 16.5. The van der Waals surface area contributed by atoms with Crippen LogP contribution in [0.5, 0.6) is 5.75 Å². The number of piperidine rings is 1. The molecule has 2 heterocycles. The predicted molar refractivity (Wildman–Crippen MR) is 105 cm³/mol. The maximum atomic E-state index is 5.34. The summed E-state index contributed by atoms with van der Waals surface area (Å²) in [5, 5.41) is 0. The van der Waals surface area contributed by atoms with E-state index in [1.165, 1.54) is 31.5 Å². The van der Waals surface area contributed by atoms with Gasteiger partial charge in [-0.1, -0.05) is 19.1 Å². The molecule has 5 heteroatoms. The molecule has 1 aliphatic rings. The number of aromatic nitrogens is 2. The molecule has 0 amide bonds. The molecule has 142 valence electrons. The summed E-state index contributed by atoms with van der Waals surface area (Å²) in [6.07, 6.45) is 7.48. The molecule has 5 nitrogen and oxygen atoms in total. The molecule has 1 fully saturated rings. The number of nitrogens with one attached hydrogen (secondary N) is 1. The fraction of sp³-hybridized carbons (Fsp3) is 0.571. The first-order chi connectivity index (χ1) is 12.8. The van der Waals surface area contributed by atoms with Crippen LogP contribution in [-0.2, 0) is 13.0 Å². The number of likely N-dealkylation sites (tertiary alicyclic amines) is 1. The van der Waals surface area contributed by atoms with Crippen LogP contribution in [0.25, 0.3) is 0 Å². The molecule has 26 heavy (non-hydrogen) atoms. The average Bonchev–Trinajstić information content (AvgIpc) is 3.19. The number of rotatable bonds is 9. The zero-order valence-corrected chi connectivity index (χ0v) is 16.2. The maximum absolute atomic E-state index is 5.34. The lowest BCUT2D eigenvalue weighted by Crippen LogP contribution is -2.41. The van der Waals surface area contributed by atoms with Crippen molar-refractivity contribution in [3.8, 4) is 5.75 Å². The van der Waals surface area contributed by atoms with Crippen LogP contribution < -0.4 is 4.74 Å². The van der Waals surface area contributed by atoms with Crippen LogP contribution >= 0.6 is 0 Å². The molecule has 0 radical (unpaired) electrons. The third kappa shape index (κ3) is 5.58. The molecule has 1 atom stereocenters. The minimum absolute atomic E-state index is 0.754. The molecule has 0 bridgehead atoms. The van der Waals surface area contributed by atoms with Crippen molar-refractivity contribution in [3.63, 3.8) is 0 Å². The van der Waals surface area contributed by atoms with E-state index in [1.807, 2.05) is 18.5 Å². The first-order valence-electron chi connectivity index (χ1n) is 9.82. The number of H-pyrrole nitrogens is 1. The molecular weight excluding hydrogens is 324 g/mol. The number of nitrogens with zero attached hydrogens (tertiary/aromatic N) is 3. The summed E-state index contributed by atoms with van der Waals surface area (Å²) in [6.45, 7) is 8.96. The summed E-state index contributed by atoms with van der Waals surface area (Å²) in [6, 6.07) is 8.45. The summed E-state index contributed by atoms with van der Waals surface area (Å²) in [4.78, 5) is 12.7. The highest BCUT2D eigenvalue weighted by Crippen LogP contribution is 2.19. The van der Waals surface area contributed by atoms with E-state index in [4.69, 9.17) is 4.74 Å². The lowest BCUT2D eigenvalue weighted by Gasteiger charge is -2.35. The molecule has 1 saturated heterocycles. The number of ether oxygens (including phenoxy) is 1. The van der Waals surface area contributed by atoms with Gasteiger partial charge in [0.05, 0.1) is 13.7 Å². The fourth-order valence-corrected chi connectivity index (χ4v) is 3.89. The van der Waals surface area contributed by atoms with Crippen molar-refractivity contribution in [1.82, 2.24) is 19.8 Å². The van der Waals surface area contributed by atoms with Crippen LogP contribution in [0.1, 0.15) is 31.2 Å². The predicted octanol–water partition coefficient (Wildman–Crippen LogP) is 3.19. The summed E-state index contributed by atoms with van der Waals surface area (Å²) >= 11 is 0. The van der Waals surface area contributed by atoms with Gasteiger partial charge in [0.2, 0.25) is 0 Å². The van der Waals surface area contributed by atoms with Gasteiger partial charge >= 0.3 is 0 Å². The van der Waals surface area contributed by atoms with E-state index in [2.05, 4.69) is 44.9 Å². The first-order valence-corrected chi connectivity index (χ1v) is 9.82. The Hall–Kier alpha value is -1.85. The van der Waals surface area contributed by atoms with Crippen LogP contribution in [-0.4, -0.2) is 59.6 Å². The van der Waals surface area contributed by atoms with Gasteiger partial charge in [0.25, 0.3) is 0 Å². The average molecular weight is 357 g/mol. The van der Waals surface area contributed by atoms with Crippen molar-refractivity contribution in [1.29, 1.82) is 0 Å². The van der Waals surface area contributed by atoms with Crippen LogP contribution in [0.15, 0.2) is 36.7 Å². The smallest absolute Gasteiger partial charge is 0.120 e. The van der Waals surface area contributed by atoms with E-state index in [9.17, 15) is 0 Å². The normalized spacial score (nSPS) is 18.3. The molecule has 0 unspecified atom stereocenters. The molecule has 3 rings (SSSR count). The Labute approximate surface area is 157 Å². The number of hydrogen-bond donors (Lipinski definition) is 1. The zero-order chi connectivity index (χ0) is 18.2. The van der Waals surface area contributed by atoms with Crippen LogP contribution in [0.4, 0.5) is 0 Å². The molecule has 1 aliphatic heterocycles. The van der Waals surface area contributed by atoms with E-state index in [0.29, 0.717) is 0 Å². The largest absolute Gasteiger partial charge is 0.497 e. The van der Waals surface area contributed by atoms with Crippen molar-refractivity contribution < 1.29 is 4.74 Å². The fourth-order valence-electron chi connectivity index (χ4n) is 3.89. The monoisotopic (exact) mass is 356 g/mol. The number of aromatic amines is 1. The third-order valence-electron chi connectivity index (χ3n) is 5.35. The lowest BCUT2D eigenvalue weighted by atomic mass is 9.97. The molecule has 1 aromatic heterocycles. The Morgan fingerprint density at radius 3 is 3.08 bits per heavy atom. The quantitative estimate of drug-likeness (QED) is 0.749. The standard InChI is InChI=1S/C21H32N4O/c1-3-24(17-21-22-10-11-23-21)15-19-7-5-12-25(16-19)13-9-18-6-4-8-20(14-18)26-2/h4,6,8,10-11,14,19H,3,5,7,9,12-13,15-17H2,1-2H3,(H,22,23)/t19-/m0/s1. The van der Waals surface area contributed by atoms with Gasteiger partial charge in [-0.15, -0.1) is 0 Å². The van der Waals surface area contributed by atoms with Gasteiger partial charge in [-0.3, -0.25) is 4.90 Å². The minimum Gasteiger partial charge on any atom is -0.497 e. The van der Waals surface area contributed by atoms with Gasteiger partial charge < -0.3 is 14.6 Å². The van der Waals surface area contributed by atoms with Crippen molar-refractivity contribution in [2.24, 2.45) is 5.92 Å². The van der Waals surface area contributed by atoms with E-state index in [-0.39, 0.29) is 0 Å². The van der Waals surface area contributed by atoms with Crippen molar-refractivity contribution >= 4 is 0 Å². The number of methoxy groups -OCH3 is 1. The molecule has 0 spiro atoms. The van der Waals surface area contributed by atoms with E-state index in [0.717, 1.165) is 50.1 Å². The molecule has 0 aliphatic carbocycles. The van der Waals surface area contributed by atoms with Crippen molar-refractivity contribution in [2.45, 2.75) is 32.7 Å². The second kappa shape index (κ2) is 9.74. The summed E-state index contributed by atoms with van der Waals surface area (Å²) in [5.74, 6) is 2.78. The number of imidazole rings is 1. The highest BCUT2D eigenvalue weighted by Gasteiger charge is 2.22. The van der Waals surface area contributed by atoms with Gasteiger partial charge in [-0.05, 0) is 56.0 Å². The Morgan fingerprint density at radius 1 is 1.38 bits per heavy atom. The molecular formula is C21H32N4O. The SMILES string of the molecule is CCN(Cc1ncc[nH]1)C[C@@H]1CCCN(CCc2cccc(OC)c2)C1. The van der Waals surface area contributed by atoms with Crippen molar-refractivity contribution in [2.75, 3.05) is 39.8 Å². The third-order valence-corrected chi connectivity index (χ3v) is 5.35. The number of benzene rings is 1. The summed E-state index contributed by atoms with van der Waals surface area (Å²) < 4.78 is 5.34.